The average molecular weight is 1030 g/mol. The molecule has 2 saturated heterocycles. The first-order valence-electron chi connectivity index (χ1n) is 29.4. The van der Waals surface area contributed by atoms with Crippen LogP contribution >= 0.6 is 0 Å². The summed E-state index contributed by atoms with van der Waals surface area (Å²) in [5.74, 6) is -0.381. The number of aliphatic hydroxyl groups excluding tert-OH is 7. The van der Waals surface area contributed by atoms with Crippen LogP contribution in [-0.2, 0) is 33.2 Å². The van der Waals surface area contributed by atoms with E-state index in [1.54, 1.807) is 0 Å². The molecule has 2 aliphatic rings. The van der Waals surface area contributed by atoms with Gasteiger partial charge in [-0.1, -0.05) is 192 Å². The summed E-state index contributed by atoms with van der Waals surface area (Å²) in [6, 6.07) is 0. The standard InChI is InChI=1S/C58H108O14/c1-3-5-7-9-11-13-15-17-19-21-22-23-24-25-26-28-30-32-34-36-38-40-42-67-44-47(70-50(60)41-39-37-35-33-31-29-27-20-18-16-14-12-10-8-6-4-2)45-68-57-56(66)54(64)52(62)49(72-57)46-69-58-55(65)53(63)51(61)48(43-59)71-58/h20-22,27,47-49,51-59,61-66H,3-19,23-26,28-46H2,1-2H3/b22-21-,27-20-. The largest absolute Gasteiger partial charge is 0.457 e. The maximum absolute atomic E-state index is 13.1. The fourth-order valence-corrected chi connectivity index (χ4v) is 9.39. The average Bonchev–Trinajstić information content (AvgIpc) is 3.38. The lowest BCUT2D eigenvalue weighted by Crippen LogP contribution is -2.61. The molecular formula is C58H108O14. The summed E-state index contributed by atoms with van der Waals surface area (Å²) in [6.45, 7) is 3.71. The predicted molar refractivity (Wildman–Crippen MR) is 284 cm³/mol. The third-order valence-electron chi connectivity index (χ3n) is 14.2. The molecule has 424 valence electrons. The van der Waals surface area contributed by atoms with E-state index in [4.69, 9.17) is 28.4 Å². The van der Waals surface area contributed by atoms with Gasteiger partial charge in [-0.2, -0.15) is 0 Å². The summed E-state index contributed by atoms with van der Waals surface area (Å²) in [5.41, 5.74) is 0. The minimum atomic E-state index is -1.71. The Morgan fingerprint density at radius 1 is 0.444 bits per heavy atom. The lowest BCUT2D eigenvalue weighted by molar-refractivity contribution is -0.332. The minimum absolute atomic E-state index is 0.0604. The van der Waals surface area contributed by atoms with Crippen LogP contribution in [0.25, 0.3) is 0 Å². The van der Waals surface area contributed by atoms with Gasteiger partial charge < -0.3 is 64.2 Å². The molecule has 11 unspecified atom stereocenters. The van der Waals surface area contributed by atoms with E-state index in [1.807, 2.05) is 0 Å². The van der Waals surface area contributed by atoms with Crippen LogP contribution in [0.15, 0.2) is 24.3 Å². The van der Waals surface area contributed by atoms with E-state index in [1.165, 1.54) is 154 Å². The molecule has 0 aromatic rings. The Kier molecular flexibility index (Phi) is 42.2. The highest BCUT2D eigenvalue weighted by Crippen LogP contribution is 2.27. The van der Waals surface area contributed by atoms with Crippen molar-refractivity contribution in [3.8, 4) is 0 Å². The fourth-order valence-electron chi connectivity index (χ4n) is 9.39. The molecule has 14 heteroatoms. The normalized spacial score (nSPS) is 25.2. The zero-order valence-electron chi connectivity index (χ0n) is 45.4. The van der Waals surface area contributed by atoms with Crippen molar-refractivity contribution in [1.82, 2.24) is 0 Å². The second-order valence-electron chi connectivity index (χ2n) is 20.8. The Morgan fingerprint density at radius 2 is 0.819 bits per heavy atom. The molecule has 11 atom stereocenters. The zero-order valence-corrected chi connectivity index (χ0v) is 45.4. The van der Waals surface area contributed by atoms with E-state index in [0.29, 0.717) is 13.0 Å². The van der Waals surface area contributed by atoms with Gasteiger partial charge in [-0.25, -0.2) is 0 Å². The molecule has 2 rings (SSSR count). The monoisotopic (exact) mass is 1030 g/mol. The van der Waals surface area contributed by atoms with Gasteiger partial charge in [-0.3, -0.25) is 4.79 Å². The Labute approximate surface area is 437 Å². The summed E-state index contributed by atoms with van der Waals surface area (Å²) in [4.78, 5) is 13.1. The second kappa shape index (κ2) is 45.6. The molecule has 14 nitrogen and oxygen atoms in total. The number of aliphatic hydroxyl groups is 7. The van der Waals surface area contributed by atoms with Crippen molar-refractivity contribution in [3.05, 3.63) is 24.3 Å². The van der Waals surface area contributed by atoms with E-state index in [2.05, 4.69) is 38.2 Å². The summed E-state index contributed by atoms with van der Waals surface area (Å²) in [5, 5.41) is 72.3. The van der Waals surface area contributed by atoms with Gasteiger partial charge in [0.1, 0.15) is 54.9 Å². The minimum Gasteiger partial charge on any atom is -0.457 e. The van der Waals surface area contributed by atoms with E-state index < -0.39 is 80.7 Å². The van der Waals surface area contributed by atoms with E-state index in [9.17, 15) is 40.5 Å². The molecule has 2 aliphatic heterocycles. The highest BCUT2D eigenvalue weighted by Gasteiger charge is 2.47. The molecule has 7 N–H and O–H groups in total. The maximum atomic E-state index is 13.1. The topological polar surface area (TPSA) is 214 Å². The molecular weight excluding hydrogens is 921 g/mol. The summed E-state index contributed by atoms with van der Waals surface area (Å²) in [7, 11) is 0. The number of allylic oxidation sites excluding steroid dienone is 4. The smallest absolute Gasteiger partial charge is 0.306 e. The highest BCUT2D eigenvalue weighted by molar-refractivity contribution is 5.69. The number of unbranched alkanes of at least 4 members (excludes halogenated alkanes) is 30. The first kappa shape index (κ1) is 66.6. The molecule has 72 heavy (non-hydrogen) atoms. The van der Waals surface area contributed by atoms with Crippen molar-refractivity contribution in [1.29, 1.82) is 0 Å². The molecule has 0 saturated carbocycles. The van der Waals surface area contributed by atoms with Crippen LogP contribution in [-0.4, -0.2) is 142 Å². The Balaban J connectivity index is 1.71. The van der Waals surface area contributed by atoms with Gasteiger partial charge in [0.25, 0.3) is 0 Å². The summed E-state index contributed by atoms with van der Waals surface area (Å²) in [6.07, 6.45) is 35.2. The molecule has 0 radical (unpaired) electrons. The first-order chi connectivity index (χ1) is 35.1. The lowest BCUT2D eigenvalue weighted by atomic mass is 9.98. The zero-order chi connectivity index (χ0) is 52.3. The quantitative estimate of drug-likeness (QED) is 0.0172. The second-order valence-corrected chi connectivity index (χ2v) is 20.8. The van der Waals surface area contributed by atoms with Gasteiger partial charge in [0.2, 0.25) is 0 Å². The van der Waals surface area contributed by atoms with Crippen molar-refractivity contribution in [2.75, 3.05) is 33.0 Å². The SMILES string of the molecule is CCCCCCCCC/C=C\CCCCCCCC(=O)OC(COCCCCCCCCCCCC/C=C\CCCCCCCCCC)COC1OC(COC2OC(CO)C(O)C(O)C2O)C(O)C(O)C1O. The van der Waals surface area contributed by atoms with Gasteiger partial charge in [0, 0.05) is 13.0 Å². The van der Waals surface area contributed by atoms with Crippen molar-refractivity contribution in [2.45, 2.75) is 306 Å². The molecule has 2 fully saturated rings. The van der Waals surface area contributed by atoms with E-state index in [-0.39, 0.29) is 25.6 Å². The van der Waals surface area contributed by atoms with Gasteiger partial charge in [-0.15, -0.1) is 0 Å². The number of hydrogen-bond donors (Lipinski definition) is 7. The van der Waals surface area contributed by atoms with Crippen LogP contribution < -0.4 is 0 Å². The van der Waals surface area contributed by atoms with Crippen LogP contribution in [0.5, 0.6) is 0 Å². The summed E-state index contributed by atoms with van der Waals surface area (Å²) >= 11 is 0. The number of rotatable bonds is 48. The molecule has 2 heterocycles. The molecule has 0 aromatic carbocycles. The maximum Gasteiger partial charge on any atom is 0.306 e. The molecule has 0 amide bonds. The highest BCUT2D eigenvalue weighted by atomic mass is 16.7. The molecule has 0 spiro atoms. The Bertz CT molecular complexity index is 1290. The van der Waals surface area contributed by atoms with Crippen LogP contribution in [0, 0.1) is 0 Å². The van der Waals surface area contributed by atoms with Crippen LogP contribution in [0.2, 0.25) is 0 Å². The van der Waals surface area contributed by atoms with Crippen molar-refractivity contribution in [3.63, 3.8) is 0 Å². The molecule has 0 aliphatic carbocycles. The van der Waals surface area contributed by atoms with Crippen molar-refractivity contribution < 1.29 is 69.0 Å². The van der Waals surface area contributed by atoms with Gasteiger partial charge >= 0.3 is 5.97 Å². The van der Waals surface area contributed by atoms with Gasteiger partial charge in [0.15, 0.2) is 12.6 Å². The number of esters is 1. The fraction of sp³-hybridized carbons (Fsp3) is 0.914. The third-order valence-corrected chi connectivity index (χ3v) is 14.2. The number of carbonyl (C=O) groups excluding carboxylic acids is 1. The lowest BCUT2D eigenvalue weighted by Gasteiger charge is -2.42. The van der Waals surface area contributed by atoms with Crippen molar-refractivity contribution in [2.24, 2.45) is 0 Å². The van der Waals surface area contributed by atoms with E-state index in [0.717, 1.165) is 57.8 Å². The Hall–Kier alpha value is -1.53. The first-order valence-corrected chi connectivity index (χ1v) is 29.4. The third kappa shape index (κ3) is 32.1. The number of hydrogen-bond acceptors (Lipinski definition) is 14. The van der Waals surface area contributed by atoms with Crippen molar-refractivity contribution >= 4 is 5.97 Å². The molecule has 0 bridgehead atoms. The van der Waals surface area contributed by atoms with E-state index >= 15 is 0 Å². The van der Waals surface area contributed by atoms with Crippen LogP contribution in [0.3, 0.4) is 0 Å². The molecule has 0 aromatic heterocycles. The Morgan fingerprint density at radius 3 is 1.26 bits per heavy atom. The number of ether oxygens (including phenoxy) is 6. The van der Waals surface area contributed by atoms with Gasteiger partial charge in [0.05, 0.1) is 26.4 Å². The van der Waals surface area contributed by atoms with Crippen LogP contribution in [0.4, 0.5) is 0 Å². The predicted octanol–water partition coefficient (Wildman–Crippen LogP) is 10.4. The van der Waals surface area contributed by atoms with Crippen LogP contribution in [0.1, 0.15) is 239 Å². The summed E-state index contributed by atoms with van der Waals surface area (Å²) < 4.78 is 34.4. The number of carbonyl (C=O) groups is 1. The van der Waals surface area contributed by atoms with Gasteiger partial charge in [-0.05, 0) is 64.2 Å².